The van der Waals surface area contributed by atoms with Gasteiger partial charge in [0.2, 0.25) is 0 Å². The summed E-state index contributed by atoms with van der Waals surface area (Å²) in [6.07, 6.45) is 1.64. The minimum atomic E-state index is -0.171. The quantitative estimate of drug-likeness (QED) is 0.934. The number of aromatic nitrogens is 4. The third-order valence-electron chi connectivity index (χ3n) is 2.90. The summed E-state index contributed by atoms with van der Waals surface area (Å²) in [5.41, 5.74) is 2.16. The molecule has 0 atom stereocenters. The molecule has 0 fully saturated rings. The second-order valence-electron chi connectivity index (χ2n) is 5.02. The molecule has 0 aliphatic heterocycles. The van der Waals surface area contributed by atoms with Gasteiger partial charge < -0.3 is 5.32 Å². The zero-order valence-corrected chi connectivity index (χ0v) is 12.8. The van der Waals surface area contributed by atoms with Gasteiger partial charge in [-0.15, -0.1) is 0 Å². The SMILES string of the molecule is Cc1nn(C)c(Cl)c1Cn1ncc(NC(C)C)cc1=O. The molecule has 7 heteroatoms. The summed E-state index contributed by atoms with van der Waals surface area (Å²) in [6, 6.07) is 1.79. The molecule has 0 saturated carbocycles. The van der Waals surface area contributed by atoms with Crippen LogP contribution < -0.4 is 10.9 Å². The van der Waals surface area contributed by atoms with E-state index in [4.69, 9.17) is 11.6 Å². The first-order chi connectivity index (χ1) is 9.38. The molecular weight excluding hydrogens is 278 g/mol. The molecule has 0 amide bonds. The number of anilines is 1. The number of nitrogens with one attached hydrogen (secondary N) is 1. The molecule has 2 rings (SSSR count). The smallest absolute Gasteiger partial charge is 0.269 e. The number of aryl methyl sites for hydroxylation is 2. The van der Waals surface area contributed by atoms with Crippen molar-refractivity contribution in [1.82, 2.24) is 19.6 Å². The normalized spacial score (nSPS) is 11.1. The molecule has 2 aromatic rings. The second-order valence-corrected chi connectivity index (χ2v) is 5.38. The highest BCUT2D eigenvalue weighted by atomic mass is 35.5. The largest absolute Gasteiger partial charge is 0.381 e. The summed E-state index contributed by atoms with van der Waals surface area (Å²) in [4.78, 5) is 12.0. The number of hydrogen-bond donors (Lipinski definition) is 1. The summed E-state index contributed by atoms with van der Waals surface area (Å²) < 4.78 is 2.97. The van der Waals surface area contributed by atoms with E-state index < -0.39 is 0 Å². The molecule has 0 saturated heterocycles. The first kappa shape index (κ1) is 14.6. The van der Waals surface area contributed by atoms with Crippen LogP contribution in [0.3, 0.4) is 0 Å². The van der Waals surface area contributed by atoms with Gasteiger partial charge in [0.05, 0.1) is 24.1 Å². The van der Waals surface area contributed by atoms with Crippen LogP contribution in [0.5, 0.6) is 0 Å². The molecular formula is C13H18ClN5O. The predicted octanol–water partition coefficient (Wildman–Crippen LogP) is 1.81. The van der Waals surface area contributed by atoms with Crippen LogP contribution in [0.25, 0.3) is 0 Å². The van der Waals surface area contributed by atoms with Gasteiger partial charge in [-0.3, -0.25) is 9.48 Å². The molecule has 0 aliphatic carbocycles. The molecule has 2 heterocycles. The van der Waals surface area contributed by atoms with Gasteiger partial charge in [-0.25, -0.2) is 4.68 Å². The second kappa shape index (κ2) is 5.66. The van der Waals surface area contributed by atoms with E-state index in [0.29, 0.717) is 11.7 Å². The van der Waals surface area contributed by atoms with E-state index in [1.54, 1.807) is 17.9 Å². The average Bonchev–Trinajstić information content (AvgIpc) is 2.58. The van der Waals surface area contributed by atoms with E-state index >= 15 is 0 Å². The van der Waals surface area contributed by atoms with Gasteiger partial charge in [-0.1, -0.05) is 11.6 Å². The zero-order valence-electron chi connectivity index (χ0n) is 12.0. The van der Waals surface area contributed by atoms with E-state index in [2.05, 4.69) is 15.5 Å². The lowest BCUT2D eigenvalue weighted by atomic mass is 10.2. The van der Waals surface area contributed by atoms with Crippen LogP contribution >= 0.6 is 11.6 Å². The van der Waals surface area contributed by atoms with Crippen molar-refractivity contribution in [1.29, 1.82) is 0 Å². The highest BCUT2D eigenvalue weighted by molar-refractivity contribution is 6.30. The zero-order chi connectivity index (χ0) is 14.9. The van der Waals surface area contributed by atoms with Crippen molar-refractivity contribution in [2.45, 2.75) is 33.4 Å². The maximum atomic E-state index is 12.0. The van der Waals surface area contributed by atoms with Crippen LogP contribution in [0.15, 0.2) is 17.1 Å². The van der Waals surface area contributed by atoms with E-state index in [0.717, 1.165) is 16.9 Å². The standard InChI is InChI=1S/C13H18ClN5O/c1-8(2)16-10-5-12(20)19(15-6-10)7-11-9(3)17-18(4)13(11)14/h5-6,8,16H,7H2,1-4H3. The fourth-order valence-corrected chi connectivity index (χ4v) is 2.20. The highest BCUT2D eigenvalue weighted by Crippen LogP contribution is 2.18. The van der Waals surface area contributed by atoms with Gasteiger partial charge in [0.25, 0.3) is 5.56 Å². The van der Waals surface area contributed by atoms with Crippen molar-refractivity contribution in [2.24, 2.45) is 7.05 Å². The molecule has 6 nitrogen and oxygen atoms in total. The van der Waals surface area contributed by atoms with Gasteiger partial charge in [-0.2, -0.15) is 10.2 Å². The number of halogens is 1. The van der Waals surface area contributed by atoms with Gasteiger partial charge in [-0.05, 0) is 20.8 Å². The van der Waals surface area contributed by atoms with Gasteiger partial charge in [0.1, 0.15) is 5.15 Å². The molecule has 1 N–H and O–H groups in total. The number of hydrogen-bond acceptors (Lipinski definition) is 4. The van der Waals surface area contributed by atoms with Crippen LogP contribution in [-0.4, -0.2) is 25.6 Å². The molecule has 2 aromatic heterocycles. The molecule has 0 unspecified atom stereocenters. The molecule has 0 bridgehead atoms. The maximum absolute atomic E-state index is 12.0. The average molecular weight is 296 g/mol. The van der Waals surface area contributed by atoms with Crippen LogP contribution in [-0.2, 0) is 13.6 Å². The highest BCUT2D eigenvalue weighted by Gasteiger charge is 2.13. The Hall–Kier alpha value is -1.82. The fraction of sp³-hybridized carbons (Fsp3) is 0.462. The summed E-state index contributed by atoms with van der Waals surface area (Å²) >= 11 is 6.16. The van der Waals surface area contributed by atoms with Crippen LogP contribution in [0.2, 0.25) is 5.15 Å². The van der Waals surface area contributed by atoms with Crippen molar-refractivity contribution >= 4 is 17.3 Å². The fourth-order valence-electron chi connectivity index (χ4n) is 1.97. The van der Waals surface area contributed by atoms with Crippen molar-refractivity contribution in [3.63, 3.8) is 0 Å². The minimum Gasteiger partial charge on any atom is -0.381 e. The van der Waals surface area contributed by atoms with Gasteiger partial charge in [0.15, 0.2) is 0 Å². The topological polar surface area (TPSA) is 64.7 Å². The Bertz CT molecular complexity index is 674. The Morgan fingerprint density at radius 1 is 1.45 bits per heavy atom. The first-order valence-corrected chi connectivity index (χ1v) is 6.78. The van der Waals surface area contributed by atoms with E-state index in [1.807, 2.05) is 20.8 Å². The van der Waals surface area contributed by atoms with Crippen molar-refractivity contribution in [2.75, 3.05) is 5.32 Å². The monoisotopic (exact) mass is 295 g/mol. The van der Waals surface area contributed by atoms with Gasteiger partial charge in [0, 0.05) is 24.7 Å². The lowest BCUT2D eigenvalue weighted by Crippen LogP contribution is -2.24. The van der Waals surface area contributed by atoms with E-state index in [1.165, 1.54) is 10.7 Å². The Morgan fingerprint density at radius 2 is 2.15 bits per heavy atom. The molecule has 0 spiro atoms. The molecule has 0 aromatic carbocycles. The van der Waals surface area contributed by atoms with E-state index in [9.17, 15) is 4.79 Å². The molecule has 108 valence electrons. The predicted molar refractivity (Wildman–Crippen MR) is 79.3 cm³/mol. The summed E-state index contributed by atoms with van der Waals surface area (Å²) in [5, 5.41) is 12.1. The summed E-state index contributed by atoms with van der Waals surface area (Å²) in [5.74, 6) is 0. The lowest BCUT2D eigenvalue weighted by Gasteiger charge is -2.10. The summed E-state index contributed by atoms with van der Waals surface area (Å²) in [6.45, 7) is 6.19. The van der Waals surface area contributed by atoms with E-state index in [-0.39, 0.29) is 11.6 Å². The molecule has 20 heavy (non-hydrogen) atoms. The van der Waals surface area contributed by atoms with Crippen LogP contribution in [0.1, 0.15) is 25.1 Å². The number of nitrogens with zero attached hydrogens (tertiary/aromatic N) is 4. The van der Waals surface area contributed by atoms with Crippen molar-refractivity contribution in [3.05, 3.63) is 39.0 Å². The Morgan fingerprint density at radius 3 is 2.65 bits per heavy atom. The first-order valence-electron chi connectivity index (χ1n) is 6.40. The minimum absolute atomic E-state index is 0.171. The van der Waals surface area contributed by atoms with Crippen molar-refractivity contribution < 1.29 is 0 Å². The van der Waals surface area contributed by atoms with Crippen LogP contribution in [0, 0.1) is 6.92 Å². The van der Waals surface area contributed by atoms with Crippen LogP contribution in [0.4, 0.5) is 5.69 Å². The third-order valence-corrected chi connectivity index (χ3v) is 3.38. The Kier molecular flexibility index (Phi) is 4.13. The Labute approximate surface area is 122 Å². The molecule has 0 radical (unpaired) electrons. The Balaban J connectivity index is 2.28. The summed E-state index contributed by atoms with van der Waals surface area (Å²) in [7, 11) is 1.77. The lowest BCUT2D eigenvalue weighted by molar-refractivity contribution is 0.636. The maximum Gasteiger partial charge on any atom is 0.269 e. The number of rotatable bonds is 4. The third kappa shape index (κ3) is 3.01. The van der Waals surface area contributed by atoms with Crippen molar-refractivity contribution in [3.8, 4) is 0 Å². The van der Waals surface area contributed by atoms with Gasteiger partial charge >= 0.3 is 0 Å². The molecule has 0 aliphatic rings.